The summed E-state index contributed by atoms with van der Waals surface area (Å²) in [6.07, 6.45) is 1.70. The Morgan fingerprint density at radius 2 is 2.00 bits per heavy atom. The van der Waals surface area contributed by atoms with Gasteiger partial charge in [0, 0.05) is 6.20 Å². The number of hydrogen-bond acceptors (Lipinski definition) is 2. The highest BCUT2D eigenvalue weighted by atomic mass is 35.5. The van der Waals surface area contributed by atoms with Crippen LogP contribution in [0, 0.1) is 6.92 Å². The van der Waals surface area contributed by atoms with E-state index in [4.69, 9.17) is 23.2 Å². The Hall–Kier alpha value is -0.860. The molecule has 0 atom stereocenters. The molecule has 0 aliphatic carbocycles. The molecule has 2 nitrogen and oxygen atoms in total. The summed E-state index contributed by atoms with van der Waals surface area (Å²) in [4.78, 5) is 8.43. The highest BCUT2D eigenvalue weighted by Crippen LogP contribution is 2.28. The summed E-state index contributed by atoms with van der Waals surface area (Å²) < 4.78 is 0. The molecule has 0 fully saturated rings. The molecule has 0 aliphatic heterocycles. The lowest BCUT2D eigenvalue weighted by Gasteiger charge is -2.01. The lowest BCUT2D eigenvalue weighted by atomic mass is 10.3. The van der Waals surface area contributed by atoms with Crippen molar-refractivity contribution in [3.63, 3.8) is 0 Å². The van der Waals surface area contributed by atoms with Gasteiger partial charge in [-0.15, -0.1) is 0 Å². The molecule has 0 N–H and O–H groups in total. The van der Waals surface area contributed by atoms with Gasteiger partial charge in [-0.1, -0.05) is 23.2 Å². The number of benzene rings is 1. The lowest BCUT2D eigenvalue weighted by Crippen LogP contribution is -1.87. The van der Waals surface area contributed by atoms with Crippen LogP contribution in [0.25, 0.3) is 11.0 Å². The van der Waals surface area contributed by atoms with Crippen molar-refractivity contribution in [1.82, 2.24) is 9.97 Å². The van der Waals surface area contributed by atoms with Crippen molar-refractivity contribution in [2.24, 2.45) is 0 Å². The fourth-order valence-corrected chi connectivity index (χ4v) is 1.46. The van der Waals surface area contributed by atoms with Crippen molar-refractivity contribution in [2.75, 3.05) is 0 Å². The highest BCUT2D eigenvalue weighted by Gasteiger charge is 2.05. The van der Waals surface area contributed by atoms with Gasteiger partial charge in [-0.2, -0.15) is 0 Å². The van der Waals surface area contributed by atoms with Crippen LogP contribution in [-0.2, 0) is 0 Å². The maximum absolute atomic E-state index is 5.96. The van der Waals surface area contributed by atoms with Crippen LogP contribution in [0.15, 0.2) is 18.3 Å². The van der Waals surface area contributed by atoms with E-state index in [1.807, 2.05) is 6.92 Å². The van der Waals surface area contributed by atoms with Gasteiger partial charge in [0.25, 0.3) is 0 Å². The summed E-state index contributed by atoms with van der Waals surface area (Å²) >= 11 is 11.8. The van der Waals surface area contributed by atoms with Gasteiger partial charge >= 0.3 is 0 Å². The van der Waals surface area contributed by atoms with Crippen LogP contribution in [0.3, 0.4) is 0 Å². The quantitative estimate of drug-likeness (QED) is 0.671. The predicted octanol–water partition coefficient (Wildman–Crippen LogP) is 3.25. The summed E-state index contributed by atoms with van der Waals surface area (Å²) in [5, 5.41) is 0.976. The molecule has 0 saturated carbocycles. The van der Waals surface area contributed by atoms with Crippen molar-refractivity contribution in [3.05, 3.63) is 34.1 Å². The Balaban J connectivity index is 2.89. The summed E-state index contributed by atoms with van der Waals surface area (Å²) in [6, 6.07) is 3.52. The molecule has 2 rings (SSSR count). The van der Waals surface area contributed by atoms with E-state index in [0.29, 0.717) is 15.6 Å². The molecule has 0 spiro atoms. The fraction of sp³-hybridized carbons (Fsp3) is 0.111. The zero-order valence-corrected chi connectivity index (χ0v) is 8.39. The Morgan fingerprint density at radius 3 is 2.77 bits per heavy atom. The second-order valence-corrected chi connectivity index (χ2v) is 3.53. The molecule has 0 aliphatic rings. The number of nitrogens with zero attached hydrogens (tertiary/aromatic N) is 2. The molecule has 0 saturated heterocycles. The molecule has 0 unspecified atom stereocenters. The number of halogens is 2. The molecule has 0 bridgehead atoms. The number of aryl methyl sites for hydroxylation is 1. The van der Waals surface area contributed by atoms with Gasteiger partial charge in [0.05, 0.1) is 21.3 Å². The molecule has 1 aromatic carbocycles. The van der Waals surface area contributed by atoms with Gasteiger partial charge in [-0.25, -0.2) is 4.98 Å². The Kier molecular flexibility index (Phi) is 2.10. The van der Waals surface area contributed by atoms with Crippen LogP contribution in [0.4, 0.5) is 0 Å². The van der Waals surface area contributed by atoms with E-state index < -0.39 is 0 Å². The zero-order valence-electron chi connectivity index (χ0n) is 6.88. The van der Waals surface area contributed by atoms with Gasteiger partial charge < -0.3 is 0 Å². The molecular weight excluding hydrogens is 207 g/mol. The molecule has 2 aromatic rings. The molecule has 66 valence electrons. The van der Waals surface area contributed by atoms with Crippen molar-refractivity contribution in [1.29, 1.82) is 0 Å². The maximum atomic E-state index is 5.96. The second kappa shape index (κ2) is 3.13. The summed E-state index contributed by atoms with van der Waals surface area (Å²) in [5.74, 6) is 0. The minimum Gasteiger partial charge on any atom is -0.253 e. The number of aromatic nitrogens is 2. The molecule has 4 heteroatoms. The van der Waals surface area contributed by atoms with E-state index in [9.17, 15) is 0 Å². The fourth-order valence-electron chi connectivity index (χ4n) is 1.11. The largest absolute Gasteiger partial charge is 0.253 e. The monoisotopic (exact) mass is 212 g/mol. The normalized spacial score (nSPS) is 10.7. The first kappa shape index (κ1) is 8.73. The van der Waals surface area contributed by atoms with E-state index in [-0.39, 0.29) is 0 Å². The lowest BCUT2D eigenvalue weighted by molar-refractivity contribution is 1.18. The number of hydrogen-bond donors (Lipinski definition) is 0. The smallest absolute Gasteiger partial charge is 0.109 e. The van der Waals surface area contributed by atoms with Crippen LogP contribution in [0.2, 0.25) is 10.0 Å². The standard InChI is InChI=1S/C9H6Cl2N2/c1-5-4-12-7-3-2-6(10)8(11)9(7)13-5/h2-4H,1H3. The number of rotatable bonds is 0. The van der Waals surface area contributed by atoms with E-state index >= 15 is 0 Å². The first-order chi connectivity index (χ1) is 6.18. The van der Waals surface area contributed by atoms with Gasteiger partial charge in [0.1, 0.15) is 5.52 Å². The van der Waals surface area contributed by atoms with Crippen molar-refractivity contribution >= 4 is 34.2 Å². The Morgan fingerprint density at radius 1 is 1.23 bits per heavy atom. The minimum absolute atomic E-state index is 0.468. The van der Waals surface area contributed by atoms with Gasteiger partial charge in [0.2, 0.25) is 0 Å². The summed E-state index contributed by atoms with van der Waals surface area (Å²) in [5.41, 5.74) is 2.26. The van der Waals surface area contributed by atoms with Crippen LogP contribution in [-0.4, -0.2) is 9.97 Å². The molecule has 1 heterocycles. The third-order valence-corrected chi connectivity index (χ3v) is 2.52. The van der Waals surface area contributed by atoms with Crippen molar-refractivity contribution < 1.29 is 0 Å². The number of fused-ring (bicyclic) bond motifs is 1. The molecule has 0 amide bonds. The topological polar surface area (TPSA) is 25.8 Å². The van der Waals surface area contributed by atoms with Gasteiger partial charge in [-0.05, 0) is 19.1 Å². The maximum Gasteiger partial charge on any atom is 0.109 e. The van der Waals surface area contributed by atoms with Crippen LogP contribution >= 0.6 is 23.2 Å². The molecule has 0 radical (unpaired) electrons. The third-order valence-electron chi connectivity index (χ3n) is 1.73. The second-order valence-electron chi connectivity index (χ2n) is 2.74. The SMILES string of the molecule is Cc1cnc2ccc(Cl)c(Cl)c2n1. The van der Waals surface area contributed by atoms with E-state index in [1.165, 1.54) is 0 Å². The highest BCUT2D eigenvalue weighted by molar-refractivity contribution is 6.44. The van der Waals surface area contributed by atoms with Crippen LogP contribution in [0.1, 0.15) is 5.69 Å². The van der Waals surface area contributed by atoms with Gasteiger partial charge in [-0.3, -0.25) is 4.98 Å². The Bertz CT molecular complexity index is 463. The predicted molar refractivity (Wildman–Crippen MR) is 54.3 cm³/mol. The van der Waals surface area contributed by atoms with E-state index in [1.54, 1.807) is 18.3 Å². The van der Waals surface area contributed by atoms with Gasteiger partial charge in [0.15, 0.2) is 0 Å². The molecular formula is C9H6Cl2N2. The van der Waals surface area contributed by atoms with Crippen molar-refractivity contribution in [3.8, 4) is 0 Å². The third kappa shape index (κ3) is 1.47. The summed E-state index contributed by atoms with van der Waals surface area (Å²) in [6.45, 7) is 1.86. The minimum atomic E-state index is 0.468. The first-order valence-electron chi connectivity index (χ1n) is 3.76. The van der Waals surface area contributed by atoms with E-state index in [0.717, 1.165) is 11.2 Å². The van der Waals surface area contributed by atoms with Crippen molar-refractivity contribution in [2.45, 2.75) is 6.92 Å². The molecule has 13 heavy (non-hydrogen) atoms. The van der Waals surface area contributed by atoms with Crippen LogP contribution in [0.5, 0.6) is 0 Å². The summed E-state index contributed by atoms with van der Waals surface area (Å²) in [7, 11) is 0. The Labute approximate surface area is 85.5 Å². The average Bonchev–Trinajstić information content (AvgIpc) is 2.12. The van der Waals surface area contributed by atoms with E-state index in [2.05, 4.69) is 9.97 Å². The van der Waals surface area contributed by atoms with Crippen LogP contribution < -0.4 is 0 Å². The average molecular weight is 213 g/mol. The first-order valence-corrected chi connectivity index (χ1v) is 4.51. The molecule has 1 aromatic heterocycles. The zero-order chi connectivity index (χ0) is 9.42.